The summed E-state index contributed by atoms with van der Waals surface area (Å²) in [6.45, 7) is 2.03. The molecule has 3 aromatic carbocycles. The van der Waals surface area contributed by atoms with Crippen molar-refractivity contribution in [1.29, 1.82) is 0 Å². The van der Waals surface area contributed by atoms with Crippen LogP contribution in [0.5, 0.6) is 0 Å². The fourth-order valence-electron chi connectivity index (χ4n) is 3.33. The number of furan rings is 1. The molecule has 110 valence electrons. The third kappa shape index (κ3) is 1.73. The van der Waals surface area contributed by atoms with Crippen LogP contribution in [-0.4, -0.2) is 9.55 Å². The van der Waals surface area contributed by atoms with Crippen molar-refractivity contribution in [2.24, 2.45) is 0 Å². The molecule has 0 radical (unpaired) electrons. The first-order chi connectivity index (χ1) is 11.3. The predicted octanol–water partition coefficient (Wildman–Crippen LogP) is 5.23. The molecular formula is C20H14N2O. The van der Waals surface area contributed by atoms with Gasteiger partial charge in [0.2, 0.25) is 0 Å². The number of imidazole rings is 1. The van der Waals surface area contributed by atoms with Crippen LogP contribution in [0.25, 0.3) is 38.7 Å². The highest BCUT2D eigenvalue weighted by Gasteiger charge is 2.11. The van der Waals surface area contributed by atoms with Crippen LogP contribution in [0.15, 0.2) is 71.1 Å². The van der Waals surface area contributed by atoms with E-state index in [0.717, 1.165) is 44.5 Å². The Bertz CT molecular complexity index is 1180. The topological polar surface area (TPSA) is 31.0 Å². The second-order valence-electron chi connectivity index (χ2n) is 5.76. The monoisotopic (exact) mass is 298 g/mol. The van der Waals surface area contributed by atoms with Crippen molar-refractivity contribution in [3.8, 4) is 5.69 Å². The van der Waals surface area contributed by atoms with Crippen LogP contribution in [-0.2, 0) is 0 Å². The van der Waals surface area contributed by atoms with E-state index in [1.807, 2.05) is 43.3 Å². The van der Waals surface area contributed by atoms with Crippen LogP contribution < -0.4 is 0 Å². The number of aryl methyl sites for hydroxylation is 1. The molecule has 2 heterocycles. The second-order valence-corrected chi connectivity index (χ2v) is 5.76. The number of aromatic nitrogens is 2. The van der Waals surface area contributed by atoms with Gasteiger partial charge in [-0.25, -0.2) is 4.98 Å². The van der Waals surface area contributed by atoms with E-state index in [9.17, 15) is 0 Å². The molecule has 5 rings (SSSR count). The zero-order valence-corrected chi connectivity index (χ0v) is 12.7. The molecule has 0 bridgehead atoms. The van der Waals surface area contributed by atoms with Crippen molar-refractivity contribution in [2.75, 3.05) is 0 Å². The fourth-order valence-corrected chi connectivity index (χ4v) is 3.33. The predicted molar refractivity (Wildman–Crippen MR) is 93.1 cm³/mol. The SMILES string of the molecule is Cc1nc2ccccc2n1-c1ccc2c(c1)oc1ccccc12. The van der Waals surface area contributed by atoms with Crippen molar-refractivity contribution in [2.45, 2.75) is 6.92 Å². The summed E-state index contributed by atoms with van der Waals surface area (Å²) in [6, 6.07) is 22.7. The molecule has 0 aliphatic carbocycles. The van der Waals surface area contributed by atoms with Gasteiger partial charge in [0.25, 0.3) is 0 Å². The summed E-state index contributed by atoms with van der Waals surface area (Å²) in [4.78, 5) is 4.64. The third-order valence-corrected chi connectivity index (χ3v) is 4.35. The summed E-state index contributed by atoms with van der Waals surface area (Å²) in [7, 11) is 0. The van der Waals surface area contributed by atoms with Crippen LogP contribution in [0.1, 0.15) is 5.82 Å². The first kappa shape index (κ1) is 12.5. The van der Waals surface area contributed by atoms with Crippen LogP contribution in [0, 0.1) is 6.92 Å². The van der Waals surface area contributed by atoms with E-state index < -0.39 is 0 Å². The Morgan fingerprint density at radius 2 is 1.61 bits per heavy atom. The largest absolute Gasteiger partial charge is 0.456 e. The van der Waals surface area contributed by atoms with Gasteiger partial charge in [-0.05, 0) is 37.3 Å². The Morgan fingerprint density at radius 3 is 2.57 bits per heavy atom. The van der Waals surface area contributed by atoms with Gasteiger partial charge in [0.1, 0.15) is 17.0 Å². The maximum Gasteiger partial charge on any atom is 0.137 e. The highest BCUT2D eigenvalue weighted by Crippen LogP contribution is 2.31. The normalized spacial score (nSPS) is 11.7. The number of hydrogen-bond donors (Lipinski definition) is 0. The molecule has 0 N–H and O–H groups in total. The minimum atomic E-state index is 0.904. The van der Waals surface area contributed by atoms with Gasteiger partial charge in [-0.2, -0.15) is 0 Å². The van der Waals surface area contributed by atoms with E-state index in [1.54, 1.807) is 0 Å². The van der Waals surface area contributed by atoms with Gasteiger partial charge in [-0.15, -0.1) is 0 Å². The Labute approximate surface area is 132 Å². The van der Waals surface area contributed by atoms with E-state index in [4.69, 9.17) is 4.42 Å². The summed E-state index contributed by atoms with van der Waals surface area (Å²) in [5.74, 6) is 0.974. The highest BCUT2D eigenvalue weighted by molar-refractivity contribution is 6.05. The van der Waals surface area contributed by atoms with Gasteiger partial charge < -0.3 is 4.42 Å². The minimum Gasteiger partial charge on any atom is -0.456 e. The molecule has 0 aliphatic heterocycles. The van der Waals surface area contributed by atoms with Gasteiger partial charge in [-0.3, -0.25) is 4.57 Å². The van der Waals surface area contributed by atoms with Crippen LogP contribution in [0.2, 0.25) is 0 Å². The van der Waals surface area contributed by atoms with E-state index >= 15 is 0 Å². The lowest BCUT2D eigenvalue weighted by atomic mass is 10.1. The molecule has 0 saturated heterocycles. The molecule has 23 heavy (non-hydrogen) atoms. The number of benzene rings is 3. The summed E-state index contributed by atoms with van der Waals surface area (Å²) < 4.78 is 8.18. The molecule has 0 spiro atoms. The Hall–Kier alpha value is -3.07. The van der Waals surface area contributed by atoms with Gasteiger partial charge in [0.05, 0.1) is 16.7 Å². The van der Waals surface area contributed by atoms with E-state index in [0.29, 0.717) is 0 Å². The van der Waals surface area contributed by atoms with Crippen LogP contribution in [0.4, 0.5) is 0 Å². The molecule has 0 unspecified atom stereocenters. The zero-order chi connectivity index (χ0) is 15.4. The lowest BCUT2D eigenvalue weighted by molar-refractivity contribution is 0.668. The Balaban J connectivity index is 1.82. The standard InChI is InChI=1S/C20H14N2O/c1-13-21-17-7-3-4-8-18(17)22(13)14-10-11-16-15-6-2-5-9-19(15)23-20(16)12-14/h2-12H,1H3. The number of nitrogens with zero attached hydrogens (tertiary/aromatic N) is 2. The van der Waals surface area contributed by atoms with Crippen LogP contribution in [0.3, 0.4) is 0 Å². The molecule has 0 fully saturated rings. The minimum absolute atomic E-state index is 0.904. The Kier molecular flexibility index (Phi) is 2.42. The fraction of sp³-hybridized carbons (Fsp3) is 0.0500. The lowest BCUT2D eigenvalue weighted by Gasteiger charge is -2.06. The molecule has 3 heteroatoms. The van der Waals surface area contributed by atoms with Crippen molar-refractivity contribution in [3.63, 3.8) is 0 Å². The van der Waals surface area contributed by atoms with E-state index in [1.165, 1.54) is 0 Å². The van der Waals surface area contributed by atoms with Gasteiger partial charge >= 0.3 is 0 Å². The van der Waals surface area contributed by atoms with Crippen LogP contribution >= 0.6 is 0 Å². The molecule has 0 saturated carbocycles. The molecular weight excluding hydrogens is 284 g/mol. The average molecular weight is 298 g/mol. The van der Waals surface area contributed by atoms with Gasteiger partial charge in [0.15, 0.2) is 0 Å². The number of rotatable bonds is 1. The van der Waals surface area contributed by atoms with Crippen molar-refractivity contribution >= 4 is 33.0 Å². The number of hydrogen-bond acceptors (Lipinski definition) is 2. The molecule has 3 nitrogen and oxygen atoms in total. The van der Waals surface area contributed by atoms with E-state index in [2.05, 4.69) is 39.9 Å². The van der Waals surface area contributed by atoms with Crippen molar-refractivity contribution in [1.82, 2.24) is 9.55 Å². The maximum absolute atomic E-state index is 6.01. The van der Waals surface area contributed by atoms with Crippen molar-refractivity contribution < 1.29 is 4.42 Å². The van der Waals surface area contributed by atoms with Gasteiger partial charge in [-0.1, -0.05) is 30.3 Å². The molecule has 2 aromatic heterocycles. The van der Waals surface area contributed by atoms with Gasteiger partial charge in [0, 0.05) is 16.8 Å². The number of para-hydroxylation sites is 3. The smallest absolute Gasteiger partial charge is 0.137 e. The lowest BCUT2D eigenvalue weighted by Crippen LogP contribution is -1.96. The molecule has 0 atom stereocenters. The summed E-state index contributed by atoms with van der Waals surface area (Å²) in [5, 5.41) is 2.30. The third-order valence-electron chi connectivity index (χ3n) is 4.35. The van der Waals surface area contributed by atoms with E-state index in [-0.39, 0.29) is 0 Å². The first-order valence-electron chi connectivity index (χ1n) is 7.67. The first-order valence-corrected chi connectivity index (χ1v) is 7.67. The Morgan fingerprint density at radius 1 is 0.826 bits per heavy atom. The highest BCUT2D eigenvalue weighted by atomic mass is 16.3. The summed E-state index contributed by atoms with van der Waals surface area (Å²) >= 11 is 0. The maximum atomic E-state index is 6.01. The number of fused-ring (bicyclic) bond motifs is 4. The zero-order valence-electron chi connectivity index (χ0n) is 12.7. The summed E-state index contributed by atoms with van der Waals surface area (Å²) in [6.07, 6.45) is 0. The quantitative estimate of drug-likeness (QED) is 0.424. The average Bonchev–Trinajstić information content (AvgIpc) is 3.10. The molecule has 0 amide bonds. The molecule has 5 aromatic rings. The second kappa shape index (κ2) is 4.46. The van der Waals surface area contributed by atoms with Crippen molar-refractivity contribution in [3.05, 3.63) is 72.6 Å². The molecule has 0 aliphatic rings. The summed E-state index contributed by atoms with van der Waals surface area (Å²) in [5.41, 5.74) is 5.02.